The van der Waals surface area contributed by atoms with E-state index < -0.39 is 5.82 Å². The van der Waals surface area contributed by atoms with Gasteiger partial charge in [-0.15, -0.1) is 0 Å². The van der Waals surface area contributed by atoms with Gasteiger partial charge in [0.2, 0.25) is 0 Å². The summed E-state index contributed by atoms with van der Waals surface area (Å²) in [6.45, 7) is 0.0942. The van der Waals surface area contributed by atoms with E-state index in [1.807, 2.05) is 0 Å². The number of halogens is 1. The molecular formula is C16H17FN2O3. The molecule has 0 amide bonds. The summed E-state index contributed by atoms with van der Waals surface area (Å²) in [5.41, 5.74) is 6.04. The van der Waals surface area contributed by atoms with Crippen LogP contribution in [-0.4, -0.2) is 20.1 Å². The maximum absolute atomic E-state index is 13.8. The fourth-order valence-corrected chi connectivity index (χ4v) is 2.11. The Morgan fingerprint density at radius 2 is 1.59 bits per heavy atom. The first-order chi connectivity index (χ1) is 10.6. The van der Waals surface area contributed by atoms with Crippen LogP contribution >= 0.6 is 0 Å². The minimum absolute atomic E-state index is 0.0589. The highest BCUT2D eigenvalue weighted by molar-refractivity contribution is 5.97. The van der Waals surface area contributed by atoms with Crippen molar-refractivity contribution in [2.75, 3.05) is 14.2 Å². The highest BCUT2D eigenvalue weighted by Crippen LogP contribution is 2.30. The van der Waals surface area contributed by atoms with E-state index in [2.05, 4.69) is 0 Å². The van der Waals surface area contributed by atoms with Crippen molar-refractivity contribution in [3.8, 4) is 17.2 Å². The lowest BCUT2D eigenvalue weighted by Crippen LogP contribution is -2.15. The second kappa shape index (κ2) is 6.80. The Balaban J connectivity index is 2.32. The van der Waals surface area contributed by atoms with Gasteiger partial charge in [0.05, 0.1) is 25.3 Å². The monoisotopic (exact) mass is 304 g/mol. The first-order valence-corrected chi connectivity index (χ1v) is 6.54. The molecule has 0 aromatic heterocycles. The second-order valence-electron chi connectivity index (χ2n) is 4.46. The van der Waals surface area contributed by atoms with Crippen molar-refractivity contribution in [1.82, 2.24) is 0 Å². The fourth-order valence-electron chi connectivity index (χ4n) is 2.11. The van der Waals surface area contributed by atoms with Gasteiger partial charge in [0.1, 0.15) is 35.5 Å². The lowest BCUT2D eigenvalue weighted by molar-refractivity contribution is 0.284. The smallest absolute Gasteiger partial charge is 0.137 e. The molecule has 0 atom stereocenters. The first kappa shape index (κ1) is 15.6. The number of hydrogen-bond acceptors (Lipinski definition) is 4. The zero-order chi connectivity index (χ0) is 16.1. The van der Waals surface area contributed by atoms with Crippen LogP contribution in [0.3, 0.4) is 0 Å². The minimum Gasteiger partial charge on any atom is -0.496 e. The van der Waals surface area contributed by atoms with Crippen LogP contribution in [0.15, 0.2) is 36.4 Å². The van der Waals surface area contributed by atoms with E-state index in [0.717, 1.165) is 0 Å². The highest BCUT2D eigenvalue weighted by Gasteiger charge is 2.15. The number of nitrogens with two attached hydrogens (primary N) is 1. The van der Waals surface area contributed by atoms with Crippen LogP contribution in [0.5, 0.6) is 17.2 Å². The van der Waals surface area contributed by atoms with Gasteiger partial charge in [-0.05, 0) is 24.3 Å². The number of methoxy groups -OCH3 is 2. The summed E-state index contributed by atoms with van der Waals surface area (Å²) >= 11 is 0. The summed E-state index contributed by atoms with van der Waals surface area (Å²) in [4.78, 5) is 0. The van der Waals surface area contributed by atoms with E-state index in [0.29, 0.717) is 17.1 Å². The van der Waals surface area contributed by atoms with Crippen LogP contribution in [0.2, 0.25) is 0 Å². The summed E-state index contributed by atoms with van der Waals surface area (Å²) in [7, 11) is 3.09. The number of rotatable bonds is 6. The Kier molecular flexibility index (Phi) is 4.83. The van der Waals surface area contributed by atoms with Gasteiger partial charge in [0, 0.05) is 0 Å². The molecule has 6 heteroatoms. The molecule has 2 aromatic carbocycles. The molecule has 0 unspecified atom stereocenters. The molecule has 0 bridgehead atoms. The Bertz CT molecular complexity index is 667. The van der Waals surface area contributed by atoms with Gasteiger partial charge in [-0.2, -0.15) is 0 Å². The largest absolute Gasteiger partial charge is 0.496 e. The Morgan fingerprint density at radius 1 is 1.05 bits per heavy atom. The first-order valence-electron chi connectivity index (χ1n) is 6.54. The second-order valence-corrected chi connectivity index (χ2v) is 4.46. The lowest BCUT2D eigenvalue weighted by Gasteiger charge is -2.15. The summed E-state index contributed by atoms with van der Waals surface area (Å²) in [5.74, 6) is 0.401. The van der Waals surface area contributed by atoms with Crippen molar-refractivity contribution in [3.05, 3.63) is 53.3 Å². The van der Waals surface area contributed by atoms with Crippen LogP contribution in [0.25, 0.3) is 0 Å². The van der Waals surface area contributed by atoms with Crippen LogP contribution in [0, 0.1) is 11.2 Å². The molecular weight excluding hydrogens is 287 g/mol. The number of nitrogen functional groups attached to an aromatic ring is 1. The molecule has 0 saturated carbocycles. The third-order valence-corrected chi connectivity index (χ3v) is 3.15. The molecule has 3 N–H and O–H groups in total. The summed E-state index contributed by atoms with van der Waals surface area (Å²) < 4.78 is 30.0. The fraction of sp³-hybridized carbons (Fsp3) is 0.188. The van der Waals surface area contributed by atoms with E-state index in [9.17, 15) is 4.39 Å². The highest BCUT2D eigenvalue weighted by atomic mass is 19.1. The van der Waals surface area contributed by atoms with Crippen molar-refractivity contribution in [3.63, 3.8) is 0 Å². The van der Waals surface area contributed by atoms with E-state index in [4.69, 9.17) is 25.4 Å². The van der Waals surface area contributed by atoms with Crippen molar-refractivity contribution in [2.24, 2.45) is 5.73 Å². The van der Waals surface area contributed by atoms with E-state index >= 15 is 0 Å². The molecule has 0 saturated heterocycles. The molecule has 2 rings (SSSR count). The molecule has 0 fully saturated rings. The third-order valence-electron chi connectivity index (χ3n) is 3.15. The van der Waals surface area contributed by atoms with Crippen molar-refractivity contribution in [2.45, 2.75) is 6.61 Å². The third kappa shape index (κ3) is 3.11. The van der Waals surface area contributed by atoms with Gasteiger partial charge < -0.3 is 19.9 Å². The van der Waals surface area contributed by atoms with E-state index in [1.165, 1.54) is 12.1 Å². The van der Waals surface area contributed by atoms with Crippen molar-refractivity contribution < 1.29 is 18.6 Å². The van der Waals surface area contributed by atoms with Crippen LogP contribution in [-0.2, 0) is 6.61 Å². The molecule has 0 aliphatic rings. The predicted molar refractivity (Wildman–Crippen MR) is 81.3 cm³/mol. The van der Waals surface area contributed by atoms with Gasteiger partial charge in [-0.1, -0.05) is 12.1 Å². The minimum atomic E-state index is -0.600. The maximum atomic E-state index is 13.8. The van der Waals surface area contributed by atoms with Crippen LogP contribution < -0.4 is 19.9 Å². The number of ether oxygens (including phenoxy) is 3. The number of amidine groups is 1. The topological polar surface area (TPSA) is 77.6 Å². The molecule has 0 aliphatic carbocycles. The zero-order valence-electron chi connectivity index (χ0n) is 12.4. The average Bonchev–Trinajstić information content (AvgIpc) is 2.51. The normalized spacial score (nSPS) is 10.1. The number of hydrogen-bond donors (Lipinski definition) is 2. The Labute approximate surface area is 127 Å². The number of benzene rings is 2. The van der Waals surface area contributed by atoms with Crippen LogP contribution in [0.1, 0.15) is 11.1 Å². The standard InChI is InChI=1S/C16H17FN2O3/c1-20-12-6-4-7-13(21-2)10(12)9-22-14-8-3-5-11(17)15(14)16(18)19/h3-8H,9H2,1-2H3,(H3,18,19). The van der Waals surface area contributed by atoms with Crippen molar-refractivity contribution in [1.29, 1.82) is 5.41 Å². The quantitative estimate of drug-likeness (QED) is 0.635. The van der Waals surface area contributed by atoms with E-state index in [-0.39, 0.29) is 23.8 Å². The van der Waals surface area contributed by atoms with Gasteiger partial charge in [0.25, 0.3) is 0 Å². The van der Waals surface area contributed by atoms with E-state index in [1.54, 1.807) is 38.5 Å². The molecule has 0 spiro atoms. The number of nitrogens with one attached hydrogen (secondary N) is 1. The zero-order valence-corrected chi connectivity index (χ0v) is 12.4. The molecule has 2 aromatic rings. The lowest BCUT2D eigenvalue weighted by atomic mass is 10.1. The predicted octanol–water partition coefficient (Wildman–Crippen LogP) is 2.71. The Morgan fingerprint density at radius 3 is 2.14 bits per heavy atom. The van der Waals surface area contributed by atoms with Crippen LogP contribution in [0.4, 0.5) is 4.39 Å². The van der Waals surface area contributed by atoms with Crippen molar-refractivity contribution >= 4 is 5.84 Å². The molecule has 5 nitrogen and oxygen atoms in total. The average molecular weight is 304 g/mol. The molecule has 22 heavy (non-hydrogen) atoms. The molecule has 116 valence electrons. The van der Waals surface area contributed by atoms with Gasteiger partial charge in [-0.3, -0.25) is 5.41 Å². The van der Waals surface area contributed by atoms with Gasteiger partial charge in [-0.25, -0.2) is 4.39 Å². The maximum Gasteiger partial charge on any atom is 0.137 e. The summed E-state index contributed by atoms with van der Waals surface area (Å²) in [6, 6.07) is 9.63. The Hall–Kier alpha value is -2.76. The van der Waals surface area contributed by atoms with Gasteiger partial charge in [0.15, 0.2) is 0 Å². The molecule has 0 aliphatic heterocycles. The summed E-state index contributed by atoms with van der Waals surface area (Å²) in [6.07, 6.45) is 0. The van der Waals surface area contributed by atoms with Gasteiger partial charge >= 0.3 is 0 Å². The molecule has 0 radical (unpaired) electrons. The SMILES string of the molecule is COc1cccc(OC)c1COc1cccc(F)c1C(=N)N. The molecule has 0 heterocycles. The summed E-state index contributed by atoms with van der Waals surface area (Å²) in [5, 5.41) is 7.47.